The molecule has 1 saturated carbocycles. The molecule has 0 radical (unpaired) electrons. The molecule has 1 spiro atoms. The van der Waals surface area contributed by atoms with Crippen molar-refractivity contribution in [1.82, 2.24) is 20.9 Å². The van der Waals surface area contributed by atoms with Crippen LogP contribution in [-0.4, -0.2) is 79.6 Å². The molecule has 214 valence electrons. The van der Waals surface area contributed by atoms with E-state index < -0.39 is 23.4 Å². The first-order valence-corrected chi connectivity index (χ1v) is 13.8. The second-order valence-corrected chi connectivity index (χ2v) is 10.2. The van der Waals surface area contributed by atoms with Crippen LogP contribution in [0.5, 0.6) is 5.75 Å². The Bertz CT molecular complexity index is 1200. The fourth-order valence-corrected chi connectivity index (χ4v) is 4.80. The number of benzene rings is 2. The molecule has 2 aliphatic rings. The van der Waals surface area contributed by atoms with E-state index in [1.165, 1.54) is 0 Å². The lowest BCUT2D eigenvalue weighted by Crippen LogP contribution is -2.54. The van der Waals surface area contributed by atoms with Crippen molar-refractivity contribution in [2.24, 2.45) is 0 Å². The molecule has 4 rings (SSSR count). The normalized spacial score (nSPS) is 21.2. The maximum atomic E-state index is 13.7. The van der Waals surface area contributed by atoms with Crippen LogP contribution in [0, 0.1) is 0 Å². The van der Waals surface area contributed by atoms with Gasteiger partial charge >= 0.3 is 0 Å². The van der Waals surface area contributed by atoms with Gasteiger partial charge in [0, 0.05) is 26.6 Å². The SMILES string of the molecule is CCOCCNC(=O)[C@@H]1CCC(=O)NC2(CC2)C(=O)N(C)[C@@H](Cc2ccccc2)COc2ccccc2C(=O)N1. The van der Waals surface area contributed by atoms with Gasteiger partial charge in [0.05, 0.1) is 18.2 Å². The van der Waals surface area contributed by atoms with Crippen molar-refractivity contribution >= 4 is 23.6 Å². The van der Waals surface area contributed by atoms with Gasteiger partial charge in [-0.15, -0.1) is 0 Å². The molecular weight excluding hydrogens is 512 g/mol. The van der Waals surface area contributed by atoms with Crippen LogP contribution in [-0.2, 0) is 25.5 Å². The van der Waals surface area contributed by atoms with Gasteiger partial charge < -0.3 is 30.3 Å². The van der Waals surface area contributed by atoms with Gasteiger partial charge in [-0.2, -0.15) is 0 Å². The number of nitrogens with one attached hydrogen (secondary N) is 3. The van der Waals surface area contributed by atoms with E-state index in [2.05, 4.69) is 16.0 Å². The minimum Gasteiger partial charge on any atom is -0.491 e. The highest BCUT2D eigenvalue weighted by atomic mass is 16.5. The predicted octanol–water partition coefficient (Wildman–Crippen LogP) is 1.83. The highest BCUT2D eigenvalue weighted by Gasteiger charge is 2.53. The predicted molar refractivity (Wildman–Crippen MR) is 149 cm³/mol. The zero-order chi connectivity index (χ0) is 28.5. The van der Waals surface area contributed by atoms with Crippen LogP contribution in [0.2, 0.25) is 0 Å². The van der Waals surface area contributed by atoms with E-state index in [0.717, 1.165) is 5.56 Å². The molecule has 3 N–H and O–H groups in total. The Morgan fingerprint density at radius 1 is 1.10 bits per heavy atom. The van der Waals surface area contributed by atoms with Gasteiger partial charge in [-0.25, -0.2) is 0 Å². The van der Waals surface area contributed by atoms with Crippen LogP contribution in [0.4, 0.5) is 0 Å². The summed E-state index contributed by atoms with van der Waals surface area (Å²) in [4.78, 5) is 54.6. The molecule has 2 atom stereocenters. The minimum atomic E-state index is -0.961. The minimum absolute atomic E-state index is 0.0336. The zero-order valence-corrected chi connectivity index (χ0v) is 23.1. The molecular formula is C30H38N4O6. The van der Waals surface area contributed by atoms with Gasteiger partial charge in [-0.05, 0) is 50.3 Å². The van der Waals surface area contributed by atoms with E-state index in [1.807, 2.05) is 37.3 Å². The molecule has 0 aromatic heterocycles. The number of ether oxygens (including phenoxy) is 2. The van der Waals surface area contributed by atoms with Crippen molar-refractivity contribution in [2.45, 2.75) is 56.7 Å². The summed E-state index contributed by atoms with van der Waals surface area (Å²) < 4.78 is 11.5. The van der Waals surface area contributed by atoms with Crippen LogP contribution in [0.3, 0.4) is 0 Å². The van der Waals surface area contributed by atoms with Gasteiger partial charge in [-0.1, -0.05) is 42.5 Å². The van der Waals surface area contributed by atoms with Crippen molar-refractivity contribution in [1.29, 1.82) is 0 Å². The maximum absolute atomic E-state index is 13.7. The molecule has 2 aromatic carbocycles. The van der Waals surface area contributed by atoms with Crippen LogP contribution in [0.15, 0.2) is 54.6 Å². The molecule has 1 aliphatic heterocycles. The highest BCUT2D eigenvalue weighted by molar-refractivity contribution is 6.00. The number of carbonyl (C=O) groups is 4. The molecule has 1 fully saturated rings. The first-order valence-electron chi connectivity index (χ1n) is 13.8. The van der Waals surface area contributed by atoms with E-state index in [1.54, 1.807) is 36.2 Å². The Morgan fingerprint density at radius 2 is 1.82 bits per heavy atom. The Kier molecular flexibility index (Phi) is 9.76. The third-order valence-corrected chi connectivity index (χ3v) is 7.31. The highest BCUT2D eigenvalue weighted by Crippen LogP contribution is 2.38. The Balaban J connectivity index is 1.61. The Morgan fingerprint density at radius 3 is 2.55 bits per heavy atom. The van der Waals surface area contributed by atoms with Crippen LogP contribution < -0.4 is 20.7 Å². The summed E-state index contributed by atoms with van der Waals surface area (Å²) in [6, 6.07) is 15.3. The van der Waals surface area contributed by atoms with Gasteiger partial charge in [-0.3, -0.25) is 19.2 Å². The van der Waals surface area contributed by atoms with Gasteiger partial charge in [0.15, 0.2) is 0 Å². The molecule has 4 amide bonds. The van der Waals surface area contributed by atoms with Gasteiger partial charge in [0.25, 0.3) is 5.91 Å². The Hall–Kier alpha value is -3.92. The number of hydrogen-bond acceptors (Lipinski definition) is 6. The van der Waals surface area contributed by atoms with Crippen LogP contribution in [0.1, 0.15) is 48.5 Å². The van der Waals surface area contributed by atoms with E-state index >= 15 is 0 Å². The van der Waals surface area contributed by atoms with Crippen molar-refractivity contribution in [3.63, 3.8) is 0 Å². The summed E-state index contributed by atoms with van der Waals surface area (Å²) in [5.74, 6) is -1.07. The van der Waals surface area contributed by atoms with Crippen molar-refractivity contribution in [3.8, 4) is 5.75 Å². The molecule has 1 aliphatic carbocycles. The smallest absolute Gasteiger partial charge is 0.255 e. The summed E-state index contributed by atoms with van der Waals surface area (Å²) in [5, 5.41) is 8.45. The summed E-state index contributed by atoms with van der Waals surface area (Å²) in [6.07, 6.45) is 1.65. The molecule has 0 saturated heterocycles. The molecule has 10 nitrogen and oxygen atoms in total. The third-order valence-electron chi connectivity index (χ3n) is 7.31. The lowest BCUT2D eigenvalue weighted by molar-refractivity contribution is -0.139. The first kappa shape index (κ1) is 29.1. The number of fused-ring (bicyclic) bond motifs is 1. The zero-order valence-electron chi connectivity index (χ0n) is 23.1. The fraction of sp³-hybridized carbons (Fsp3) is 0.467. The summed E-state index contributed by atoms with van der Waals surface area (Å²) >= 11 is 0. The average molecular weight is 551 g/mol. The van der Waals surface area contributed by atoms with E-state index in [-0.39, 0.29) is 49.4 Å². The number of carbonyl (C=O) groups excluding carboxylic acids is 4. The molecule has 1 heterocycles. The molecule has 10 heteroatoms. The number of para-hydroxylation sites is 1. The van der Waals surface area contributed by atoms with Gasteiger partial charge in [0.1, 0.15) is 23.9 Å². The lowest BCUT2D eigenvalue weighted by Gasteiger charge is -2.32. The second kappa shape index (κ2) is 13.4. The molecule has 40 heavy (non-hydrogen) atoms. The van der Waals surface area contributed by atoms with Crippen molar-refractivity contribution in [3.05, 3.63) is 65.7 Å². The van der Waals surface area contributed by atoms with E-state index in [4.69, 9.17) is 9.47 Å². The summed E-state index contributed by atoms with van der Waals surface area (Å²) in [6.45, 7) is 3.13. The monoisotopic (exact) mass is 550 g/mol. The third kappa shape index (κ3) is 7.38. The number of hydrogen-bond donors (Lipinski definition) is 3. The van der Waals surface area contributed by atoms with Crippen molar-refractivity contribution < 1.29 is 28.7 Å². The standard InChI is InChI=1S/C30H38N4O6/c1-3-39-18-17-31-28(37)24-13-14-26(35)33-30(15-16-30)29(38)34(2)22(19-21-9-5-4-6-10-21)20-40-25-12-8-7-11-23(25)27(36)32-24/h4-12,22,24H,3,13-20H2,1-2H3,(H,31,37)(H,32,36)(H,33,35)/t22-,24-/m0/s1. The number of rotatable bonds is 7. The number of amides is 4. The molecule has 0 unspecified atom stereocenters. The van der Waals surface area contributed by atoms with Crippen LogP contribution >= 0.6 is 0 Å². The van der Waals surface area contributed by atoms with Gasteiger partial charge in [0.2, 0.25) is 17.7 Å². The van der Waals surface area contributed by atoms with Crippen LogP contribution in [0.25, 0.3) is 0 Å². The lowest BCUT2D eigenvalue weighted by atomic mass is 10.0. The van der Waals surface area contributed by atoms with E-state index in [0.29, 0.717) is 38.2 Å². The molecule has 0 bridgehead atoms. The number of nitrogens with zero attached hydrogens (tertiary/aromatic N) is 1. The second-order valence-electron chi connectivity index (χ2n) is 10.2. The largest absolute Gasteiger partial charge is 0.491 e. The maximum Gasteiger partial charge on any atom is 0.255 e. The van der Waals surface area contributed by atoms with E-state index in [9.17, 15) is 19.2 Å². The van der Waals surface area contributed by atoms with Crippen molar-refractivity contribution in [2.75, 3.05) is 33.4 Å². The fourth-order valence-electron chi connectivity index (χ4n) is 4.80. The summed E-state index contributed by atoms with van der Waals surface area (Å²) in [5.41, 5.74) is 0.337. The summed E-state index contributed by atoms with van der Waals surface area (Å²) in [7, 11) is 1.73. The average Bonchev–Trinajstić information content (AvgIpc) is 3.75. The number of likely N-dealkylation sites (N-methyl/N-ethyl adjacent to an activating group) is 1. The molecule has 2 aromatic rings. The Labute approximate surface area is 234 Å². The quantitative estimate of drug-likeness (QED) is 0.452. The topological polar surface area (TPSA) is 126 Å². The first-order chi connectivity index (χ1) is 19.3.